The van der Waals surface area contributed by atoms with E-state index in [-0.39, 0.29) is 18.0 Å². The smallest absolute Gasteiger partial charge is 0.326 e. The number of carboxylic acid groups (broad SMARTS) is 1. The number of aromatic nitrogens is 1. The first kappa shape index (κ1) is 32.9. The van der Waals surface area contributed by atoms with Crippen molar-refractivity contribution in [1.82, 2.24) is 15.6 Å². The van der Waals surface area contributed by atoms with Crippen LogP contribution in [0.4, 0.5) is 5.69 Å². The van der Waals surface area contributed by atoms with Gasteiger partial charge in [0, 0.05) is 36.0 Å². The first-order chi connectivity index (χ1) is 22.6. The zero-order valence-corrected chi connectivity index (χ0v) is 26.9. The third-order valence-corrected chi connectivity index (χ3v) is 8.39. The van der Waals surface area contributed by atoms with Gasteiger partial charge in [-0.15, -0.1) is 0 Å². The van der Waals surface area contributed by atoms with E-state index in [1.54, 1.807) is 25.3 Å². The molecule has 246 valence electrons. The average Bonchev–Trinajstić information content (AvgIpc) is 3.32. The van der Waals surface area contributed by atoms with Gasteiger partial charge in [0.15, 0.2) is 11.5 Å². The molecule has 5 N–H and O–H groups in total. The first-order valence-electron chi connectivity index (χ1n) is 15.2. The van der Waals surface area contributed by atoms with E-state index >= 15 is 0 Å². The third-order valence-electron chi connectivity index (χ3n) is 8.39. The maximum atomic E-state index is 13.7. The Morgan fingerprint density at radius 3 is 2.45 bits per heavy atom. The lowest BCUT2D eigenvalue weighted by molar-refractivity contribution is -0.141. The van der Waals surface area contributed by atoms with Gasteiger partial charge in [-0.2, -0.15) is 0 Å². The van der Waals surface area contributed by atoms with E-state index in [1.165, 1.54) is 34.3 Å². The number of rotatable bonds is 11. The molecule has 3 aromatic carbocycles. The summed E-state index contributed by atoms with van der Waals surface area (Å²) in [4.78, 5) is 54.4. The number of amides is 2. The van der Waals surface area contributed by atoms with E-state index < -0.39 is 35.4 Å². The van der Waals surface area contributed by atoms with Gasteiger partial charge in [0.1, 0.15) is 12.1 Å². The predicted molar refractivity (Wildman–Crippen MR) is 177 cm³/mol. The monoisotopic (exact) mass is 642 g/mol. The minimum Gasteiger partial charge on any atom is -0.493 e. The van der Waals surface area contributed by atoms with Crippen LogP contribution in [0, 0.1) is 0 Å². The Bertz CT molecular complexity index is 1900. The zero-order chi connectivity index (χ0) is 33.8. The Balaban J connectivity index is 1.48. The van der Waals surface area contributed by atoms with Crippen molar-refractivity contribution in [3.8, 4) is 28.4 Å². The number of aliphatic carboxylic acids is 1. The third kappa shape index (κ3) is 6.71. The number of para-hydroxylation sites is 1. The molecule has 12 nitrogen and oxygen atoms in total. The maximum Gasteiger partial charge on any atom is 0.326 e. The van der Waals surface area contributed by atoms with Crippen LogP contribution in [-0.4, -0.2) is 61.3 Å². The van der Waals surface area contributed by atoms with Crippen LogP contribution in [0.2, 0.25) is 0 Å². The molecule has 1 aliphatic rings. The highest BCUT2D eigenvalue weighted by molar-refractivity contribution is 5.90. The summed E-state index contributed by atoms with van der Waals surface area (Å²) < 4.78 is 17.0. The topological polar surface area (TPSA) is 168 Å². The fourth-order valence-corrected chi connectivity index (χ4v) is 6.14. The van der Waals surface area contributed by atoms with E-state index in [2.05, 4.69) is 20.9 Å². The quantitative estimate of drug-likeness (QED) is 0.163. The number of hydrogen-bond donors (Lipinski definition) is 5. The van der Waals surface area contributed by atoms with Gasteiger partial charge in [-0.1, -0.05) is 24.3 Å². The normalized spacial score (nSPS) is 14.9. The van der Waals surface area contributed by atoms with E-state index in [9.17, 15) is 24.3 Å². The van der Waals surface area contributed by atoms with Crippen LogP contribution in [0.5, 0.6) is 17.2 Å². The summed E-state index contributed by atoms with van der Waals surface area (Å²) >= 11 is 0. The number of aromatic amines is 1. The highest BCUT2D eigenvalue weighted by Gasteiger charge is 2.30. The van der Waals surface area contributed by atoms with Crippen molar-refractivity contribution in [3.05, 3.63) is 81.6 Å². The molecule has 12 heteroatoms. The molecule has 47 heavy (non-hydrogen) atoms. The minimum absolute atomic E-state index is 0.0671. The fraction of sp³-hybridized carbons (Fsp3) is 0.314. The highest BCUT2D eigenvalue weighted by atomic mass is 16.5. The van der Waals surface area contributed by atoms with Gasteiger partial charge in [0.25, 0.3) is 0 Å². The van der Waals surface area contributed by atoms with Gasteiger partial charge in [0.05, 0.1) is 33.1 Å². The lowest BCUT2D eigenvalue weighted by atomic mass is 9.95. The Hall–Kier alpha value is -5.52. The SMILES string of the molecule is COc1cc2c(c(OC)c1OC)-c1ccc(NC(C)C(=O)NC(Cc3c[nH]c4ccccc34)C(=O)O)c(=O)cc1C(NC(C)=O)CC2. The number of aryl methyl sites for hydroxylation is 1. The van der Waals surface area contributed by atoms with Crippen molar-refractivity contribution in [3.63, 3.8) is 0 Å². The second-order valence-corrected chi connectivity index (χ2v) is 11.4. The molecule has 0 aliphatic heterocycles. The summed E-state index contributed by atoms with van der Waals surface area (Å²) in [5, 5.41) is 19.3. The molecular formula is C35H38N4O8. The van der Waals surface area contributed by atoms with Crippen molar-refractivity contribution in [2.24, 2.45) is 0 Å². The summed E-state index contributed by atoms with van der Waals surface area (Å²) in [5.74, 6) is -0.738. The fourth-order valence-electron chi connectivity index (χ4n) is 6.14. The summed E-state index contributed by atoms with van der Waals surface area (Å²) in [6.45, 7) is 2.97. The molecule has 1 aromatic heterocycles. The number of carbonyl (C=O) groups is 3. The molecule has 5 rings (SSSR count). The molecule has 0 radical (unpaired) electrons. The molecule has 4 aromatic rings. The van der Waals surface area contributed by atoms with Gasteiger partial charge in [-0.25, -0.2) is 4.79 Å². The van der Waals surface area contributed by atoms with Crippen molar-refractivity contribution < 1.29 is 33.7 Å². The Labute approximate surface area is 271 Å². The first-order valence-corrected chi connectivity index (χ1v) is 15.2. The molecule has 1 heterocycles. The van der Waals surface area contributed by atoms with Crippen molar-refractivity contribution >= 4 is 34.4 Å². The second-order valence-electron chi connectivity index (χ2n) is 11.4. The van der Waals surface area contributed by atoms with Crippen LogP contribution in [-0.2, 0) is 27.2 Å². The maximum absolute atomic E-state index is 13.7. The van der Waals surface area contributed by atoms with Crippen molar-refractivity contribution in [2.45, 2.75) is 51.2 Å². The number of nitrogens with one attached hydrogen (secondary N) is 4. The molecule has 3 unspecified atom stereocenters. The van der Waals surface area contributed by atoms with Crippen LogP contribution in [0.15, 0.2) is 59.5 Å². The average molecular weight is 643 g/mol. The molecule has 0 spiro atoms. The molecule has 0 saturated carbocycles. The Morgan fingerprint density at radius 2 is 1.77 bits per heavy atom. The number of H-pyrrole nitrogens is 1. The molecule has 1 aliphatic carbocycles. The van der Waals surface area contributed by atoms with Crippen LogP contribution in [0.25, 0.3) is 22.0 Å². The number of ether oxygens (including phenoxy) is 3. The zero-order valence-electron chi connectivity index (χ0n) is 26.9. The predicted octanol–water partition coefficient (Wildman–Crippen LogP) is 3.96. The number of hydrogen-bond acceptors (Lipinski definition) is 8. The van der Waals surface area contributed by atoms with Crippen LogP contribution in [0.1, 0.15) is 43.0 Å². The van der Waals surface area contributed by atoms with E-state index in [4.69, 9.17) is 14.2 Å². The summed E-state index contributed by atoms with van der Waals surface area (Å²) in [6, 6.07) is 11.5. The van der Waals surface area contributed by atoms with Crippen molar-refractivity contribution in [2.75, 3.05) is 26.6 Å². The van der Waals surface area contributed by atoms with Gasteiger partial charge in [0.2, 0.25) is 23.0 Å². The minimum atomic E-state index is -1.20. The van der Waals surface area contributed by atoms with Crippen LogP contribution >= 0.6 is 0 Å². The standard InChI is InChI=1S/C35H38N4O8/c1-18(34(42)39-28(35(43)44)14-21-17-36-25-9-7-6-8-22(21)25)37-27-13-11-23-24(16-29(27)41)26(38-19(2)40)12-10-20-15-30(45-3)32(46-4)33(47-5)31(20)23/h6-9,11,13,15-18,26,28,36H,10,12,14H2,1-5H3,(H,37,41)(H,38,40)(H,39,42)(H,43,44). The van der Waals surface area contributed by atoms with Crippen LogP contribution in [0.3, 0.4) is 0 Å². The number of methoxy groups -OCH3 is 3. The number of carboxylic acids is 1. The van der Waals surface area contributed by atoms with Gasteiger partial charge >= 0.3 is 5.97 Å². The van der Waals surface area contributed by atoms with E-state index in [1.807, 2.05) is 30.3 Å². The lowest BCUT2D eigenvalue weighted by Gasteiger charge is -2.19. The number of anilines is 1. The van der Waals surface area contributed by atoms with E-state index in [0.717, 1.165) is 22.0 Å². The largest absolute Gasteiger partial charge is 0.493 e. The number of carbonyl (C=O) groups excluding carboxylic acids is 2. The molecular weight excluding hydrogens is 604 g/mol. The molecule has 0 bridgehead atoms. The molecule has 3 atom stereocenters. The lowest BCUT2D eigenvalue weighted by Crippen LogP contribution is -2.48. The number of fused-ring (bicyclic) bond motifs is 4. The molecule has 0 fully saturated rings. The van der Waals surface area contributed by atoms with Gasteiger partial charge in [-0.05, 0) is 66.3 Å². The Kier molecular flexibility index (Phi) is 9.69. The van der Waals surface area contributed by atoms with Crippen molar-refractivity contribution in [1.29, 1.82) is 0 Å². The van der Waals surface area contributed by atoms with Crippen LogP contribution < -0.4 is 35.6 Å². The van der Waals surface area contributed by atoms with Gasteiger partial charge < -0.3 is 40.3 Å². The van der Waals surface area contributed by atoms with E-state index in [0.29, 0.717) is 46.8 Å². The summed E-state index contributed by atoms with van der Waals surface area (Å²) in [6.07, 6.45) is 2.85. The molecule has 2 amide bonds. The Morgan fingerprint density at radius 1 is 1.02 bits per heavy atom. The number of benzene rings is 2. The van der Waals surface area contributed by atoms with Gasteiger partial charge in [-0.3, -0.25) is 14.4 Å². The second kappa shape index (κ2) is 13.9. The highest BCUT2D eigenvalue weighted by Crippen LogP contribution is 2.50. The summed E-state index contributed by atoms with van der Waals surface area (Å²) in [7, 11) is 4.56. The summed E-state index contributed by atoms with van der Waals surface area (Å²) in [5.41, 5.74) is 4.11. The molecule has 0 saturated heterocycles.